The minimum Gasteiger partial charge on any atom is -0.348 e. The molecule has 7 heteroatoms. The van der Waals surface area contributed by atoms with Crippen LogP contribution in [0.25, 0.3) is 0 Å². The average Bonchev–Trinajstić information content (AvgIpc) is 2.74. The van der Waals surface area contributed by atoms with Gasteiger partial charge in [-0.2, -0.15) is 4.31 Å². The largest absolute Gasteiger partial charge is 0.348 e. The van der Waals surface area contributed by atoms with Crippen molar-refractivity contribution in [1.82, 2.24) is 9.62 Å². The Morgan fingerprint density at radius 1 is 0.969 bits per heavy atom. The number of nitrogens with one attached hydrogen (secondary N) is 1. The lowest BCUT2D eigenvalue weighted by molar-refractivity contribution is -0.122. The Labute approximate surface area is 195 Å². The van der Waals surface area contributed by atoms with Crippen LogP contribution in [0.3, 0.4) is 0 Å². The molecule has 0 heterocycles. The van der Waals surface area contributed by atoms with Crippen LogP contribution in [0.2, 0.25) is 5.02 Å². The van der Waals surface area contributed by atoms with Crippen LogP contribution in [0.15, 0.2) is 77.7 Å². The molecule has 0 fully saturated rings. The molecule has 1 amide bonds. The van der Waals surface area contributed by atoms with Gasteiger partial charge in [0, 0.05) is 11.6 Å². The van der Waals surface area contributed by atoms with Crippen molar-refractivity contribution in [3.8, 4) is 0 Å². The molecule has 0 saturated carbocycles. The summed E-state index contributed by atoms with van der Waals surface area (Å²) in [6.45, 7) is 5.50. The molecule has 0 radical (unpaired) electrons. The first kappa shape index (κ1) is 24.0. The maximum atomic E-state index is 13.4. The normalized spacial score (nSPS) is 12.5. The van der Waals surface area contributed by atoms with Gasteiger partial charge in [-0.3, -0.25) is 4.79 Å². The first-order valence-electron chi connectivity index (χ1n) is 10.3. The van der Waals surface area contributed by atoms with Gasteiger partial charge < -0.3 is 5.32 Å². The van der Waals surface area contributed by atoms with Crippen LogP contribution in [-0.4, -0.2) is 25.2 Å². The number of sulfonamides is 1. The third-order valence-electron chi connectivity index (χ3n) is 5.17. The van der Waals surface area contributed by atoms with Gasteiger partial charge in [-0.05, 0) is 56.2 Å². The van der Waals surface area contributed by atoms with E-state index < -0.39 is 10.0 Å². The zero-order valence-corrected chi connectivity index (χ0v) is 20.0. The average molecular weight is 471 g/mol. The van der Waals surface area contributed by atoms with E-state index in [0.717, 1.165) is 22.3 Å². The van der Waals surface area contributed by atoms with Crippen molar-refractivity contribution in [3.63, 3.8) is 0 Å². The second kappa shape index (κ2) is 10.3. The summed E-state index contributed by atoms with van der Waals surface area (Å²) in [5.74, 6) is -0.379. The Morgan fingerprint density at radius 2 is 1.62 bits per heavy atom. The van der Waals surface area contributed by atoms with E-state index in [2.05, 4.69) is 5.32 Å². The van der Waals surface area contributed by atoms with Crippen molar-refractivity contribution in [1.29, 1.82) is 0 Å². The van der Waals surface area contributed by atoms with Crippen LogP contribution in [0, 0.1) is 13.8 Å². The zero-order chi connectivity index (χ0) is 23.3. The molecule has 1 atom stereocenters. The van der Waals surface area contributed by atoms with Crippen LogP contribution >= 0.6 is 11.6 Å². The molecule has 5 nitrogen and oxygen atoms in total. The lowest BCUT2D eigenvalue weighted by Gasteiger charge is -2.23. The number of carbonyl (C=O) groups excluding carboxylic acids is 1. The Hall–Kier alpha value is -2.67. The Kier molecular flexibility index (Phi) is 7.72. The molecule has 0 unspecified atom stereocenters. The molecule has 3 rings (SSSR count). The van der Waals surface area contributed by atoms with Crippen molar-refractivity contribution >= 4 is 27.5 Å². The lowest BCUT2D eigenvalue weighted by atomic mass is 10.1. The van der Waals surface area contributed by atoms with E-state index in [1.165, 1.54) is 4.31 Å². The van der Waals surface area contributed by atoms with Gasteiger partial charge in [-0.15, -0.1) is 0 Å². The molecule has 0 spiro atoms. The molecular formula is C25H27ClN2O3S. The zero-order valence-electron chi connectivity index (χ0n) is 18.4. The van der Waals surface area contributed by atoms with Gasteiger partial charge >= 0.3 is 0 Å². The van der Waals surface area contributed by atoms with Crippen molar-refractivity contribution in [3.05, 3.63) is 100 Å². The molecule has 3 aromatic rings. The molecule has 0 aromatic heterocycles. The molecular weight excluding hydrogens is 444 g/mol. The van der Waals surface area contributed by atoms with Crippen LogP contribution in [0.5, 0.6) is 0 Å². The van der Waals surface area contributed by atoms with Crippen molar-refractivity contribution < 1.29 is 13.2 Å². The van der Waals surface area contributed by atoms with E-state index >= 15 is 0 Å². The Balaban J connectivity index is 1.83. The quantitative estimate of drug-likeness (QED) is 0.502. The Morgan fingerprint density at radius 3 is 2.25 bits per heavy atom. The molecule has 1 N–H and O–H groups in total. The van der Waals surface area contributed by atoms with Crippen LogP contribution in [-0.2, 0) is 21.4 Å². The molecule has 0 aliphatic heterocycles. The summed E-state index contributed by atoms with van der Waals surface area (Å²) >= 11 is 5.94. The fourth-order valence-corrected chi connectivity index (χ4v) is 4.89. The number of benzene rings is 3. The van der Waals surface area contributed by atoms with Gasteiger partial charge in [0.2, 0.25) is 15.9 Å². The molecule has 3 aromatic carbocycles. The summed E-state index contributed by atoms with van der Waals surface area (Å²) in [5.41, 5.74) is 3.69. The number of carbonyl (C=O) groups is 1. The lowest BCUT2D eigenvalue weighted by Crippen LogP contribution is -2.41. The summed E-state index contributed by atoms with van der Waals surface area (Å²) in [6.07, 6.45) is 0. The molecule has 0 saturated heterocycles. The topological polar surface area (TPSA) is 66.5 Å². The summed E-state index contributed by atoms with van der Waals surface area (Å²) in [5, 5.41) is 3.50. The highest BCUT2D eigenvalue weighted by molar-refractivity contribution is 7.89. The number of aryl methyl sites for hydroxylation is 2. The molecule has 0 bridgehead atoms. The van der Waals surface area contributed by atoms with Gasteiger partial charge in [0.25, 0.3) is 0 Å². The Bertz CT molecular complexity index is 1180. The molecule has 168 valence electrons. The molecule has 0 aliphatic rings. The van der Waals surface area contributed by atoms with Crippen molar-refractivity contribution in [2.45, 2.75) is 38.3 Å². The second-order valence-corrected chi connectivity index (χ2v) is 10.3. The minimum absolute atomic E-state index is 0.0979. The molecule has 0 aliphatic carbocycles. The van der Waals surface area contributed by atoms with E-state index in [1.54, 1.807) is 36.4 Å². The second-order valence-electron chi connectivity index (χ2n) is 7.92. The fraction of sp³-hybridized carbons (Fsp3) is 0.240. The summed E-state index contributed by atoms with van der Waals surface area (Å²) in [6, 6.07) is 21.1. The van der Waals surface area contributed by atoms with Crippen LogP contribution in [0.4, 0.5) is 0 Å². The predicted octanol–water partition coefficient (Wildman–Crippen LogP) is 5.03. The number of rotatable bonds is 8. The summed E-state index contributed by atoms with van der Waals surface area (Å²) in [4.78, 5) is 13.0. The van der Waals surface area contributed by atoms with Crippen molar-refractivity contribution in [2.75, 3.05) is 6.54 Å². The standard InChI is InChI=1S/C25H27ClN2O3S/c1-18-7-13-24(14-8-18)32(30,31)28(16-21-6-4-5-19(2)15-21)17-25(29)27-20(3)22-9-11-23(26)12-10-22/h4-15,20H,16-17H2,1-3H3,(H,27,29)/t20-/m0/s1. The number of nitrogens with zero attached hydrogens (tertiary/aromatic N) is 1. The van der Waals surface area contributed by atoms with Crippen molar-refractivity contribution in [2.24, 2.45) is 0 Å². The number of hydrogen-bond acceptors (Lipinski definition) is 3. The predicted molar refractivity (Wildman–Crippen MR) is 128 cm³/mol. The monoisotopic (exact) mass is 470 g/mol. The highest BCUT2D eigenvalue weighted by Crippen LogP contribution is 2.20. The summed E-state index contributed by atoms with van der Waals surface area (Å²) in [7, 11) is -3.87. The maximum Gasteiger partial charge on any atom is 0.243 e. The smallest absolute Gasteiger partial charge is 0.243 e. The van der Waals surface area contributed by atoms with Crippen LogP contribution in [0.1, 0.15) is 35.2 Å². The maximum absolute atomic E-state index is 13.4. The van der Waals surface area contributed by atoms with Gasteiger partial charge in [0.05, 0.1) is 17.5 Å². The SMILES string of the molecule is Cc1ccc(S(=O)(=O)N(CC(=O)N[C@@H](C)c2ccc(Cl)cc2)Cc2cccc(C)c2)cc1. The van der Waals surface area contributed by atoms with Gasteiger partial charge in [-0.25, -0.2) is 8.42 Å². The highest BCUT2D eigenvalue weighted by Gasteiger charge is 2.27. The van der Waals surface area contributed by atoms with E-state index in [4.69, 9.17) is 11.6 Å². The first-order valence-corrected chi connectivity index (χ1v) is 12.1. The van der Waals surface area contributed by atoms with Gasteiger partial charge in [0.1, 0.15) is 0 Å². The number of halogens is 1. The third-order valence-corrected chi connectivity index (χ3v) is 7.23. The number of hydrogen-bond donors (Lipinski definition) is 1. The minimum atomic E-state index is -3.87. The van der Waals surface area contributed by atoms with E-state index in [-0.39, 0.29) is 29.9 Å². The van der Waals surface area contributed by atoms with Gasteiger partial charge in [-0.1, -0.05) is 71.3 Å². The number of amides is 1. The third kappa shape index (κ3) is 6.19. The van der Waals surface area contributed by atoms with E-state index in [0.29, 0.717) is 5.02 Å². The van der Waals surface area contributed by atoms with Gasteiger partial charge in [0.15, 0.2) is 0 Å². The highest BCUT2D eigenvalue weighted by atomic mass is 35.5. The van der Waals surface area contributed by atoms with E-state index in [9.17, 15) is 13.2 Å². The first-order chi connectivity index (χ1) is 15.1. The van der Waals surface area contributed by atoms with E-state index in [1.807, 2.05) is 57.2 Å². The fourth-order valence-electron chi connectivity index (χ4n) is 3.38. The summed E-state index contributed by atoms with van der Waals surface area (Å²) < 4.78 is 28.0. The van der Waals surface area contributed by atoms with Crippen LogP contribution < -0.4 is 5.32 Å². The molecule has 32 heavy (non-hydrogen) atoms.